The first-order valence-electron chi connectivity index (χ1n) is 7.41. The third-order valence-electron chi connectivity index (χ3n) is 3.77. The molecular formula is C18H15ClN4O2. The summed E-state index contributed by atoms with van der Waals surface area (Å²) in [6.45, 7) is 0. The summed E-state index contributed by atoms with van der Waals surface area (Å²) in [6, 6.07) is 12.4. The highest BCUT2D eigenvalue weighted by Crippen LogP contribution is 2.32. The molecule has 0 aliphatic rings. The number of carbonyl (C=O) groups is 1. The zero-order chi connectivity index (χ0) is 18.0. The maximum atomic E-state index is 11.2. The molecule has 1 heterocycles. The second-order valence-corrected chi connectivity index (χ2v) is 5.74. The van der Waals surface area contributed by atoms with Crippen molar-refractivity contribution in [1.29, 1.82) is 0 Å². The Kier molecular flexibility index (Phi) is 4.54. The van der Waals surface area contributed by atoms with Crippen LogP contribution in [0.2, 0.25) is 5.02 Å². The van der Waals surface area contributed by atoms with Crippen molar-refractivity contribution in [2.75, 3.05) is 12.4 Å². The number of nitrogens with two attached hydrogens (primary N) is 1. The zero-order valence-corrected chi connectivity index (χ0v) is 14.1. The lowest BCUT2D eigenvalue weighted by molar-refractivity contribution is 0.0697. The Bertz CT molecular complexity index is 1000. The molecule has 0 unspecified atom stereocenters. The van der Waals surface area contributed by atoms with Crippen LogP contribution in [0, 0.1) is 0 Å². The molecule has 7 heteroatoms. The largest absolute Gasteiger partial charge is 0.478 e. The number of hydrogen-bond donors (Lipinski definition) is 3. The average molecular weight is 355 g/mol. The Balaban J connectivity index is 2.17. The third kappa shape index (κ3) is 3.39. The van der Waals surface area contributed by atoms with Crippen molar-refractivity contribution in [1.82, 2.24) is 4.98 Å². The maximum Gasteiger partial charge on any atom is 0.335 e. The number of aromatic carboxylic acids is 1. The molecule has 0 saturated heterocycles. The van der Waals surface area contributed by atoms with Gasteiger partial charge < -0.3 is 16.2 Å². The lowest BCUT2D eigenvalue weighted by atomic mass is 10.00. The van der Waals surface area contributed by atoms with Gasteiger partial charge in [-0.3, -0.25) is 4.99 Å². The number of rotatable bonds is 3. The van der Waals surface area contributed by atoms with Crippen LogP contribution in [0.4, 0.5) is 5.82 Å². The van der Waals surface area contributed by atoms with E-state index < -0.39 is 5.97 Å². The number of halogens is 1. The predicted molar refractivity (Wildman–Crippen MR) is 100 cm³/mol. The molecule has 3 rings (SSSR count). The average Bonchev–Trinajstić information content (AvgIpc) is 2.63. The van der Waals surface area contributed by atoms with E-state index in [1.54, 1.807) is 31.4 Å². The van der Waals surface area contributed by atoms with Gasteiger partial charge in [0.2, 0.25) is 0 Å². The van der Waals surface area contributed by atoms with Crippen LogP contribution in [0.25, 0.3) is 21.9 Å². The fourth-order valence-electron chi connectivity index (χ4n) is 2.50. The van der Waals surface area contributed by atoms with Crippen LogP contribution in [0.5, 0.6) is 0 Å². The second-order valence-electron chi connectivity index (χ2n) is 5.33. The maximum absolute atomic E-state index is 11.2. The van der Waals surface area contributed by atoms with Gasteiger partial charge in [-0.15, -0.1) is 0 Å². The van der Waals surface area contributed by atoms with E-state index in [-0.39, 0.29) is 11.5 Å². The Morgan fingerprint density at radius 1 is 1.20 bits per heavy atom. The van der Waals surface area contributed by atoms with Gasteiger partial charge in [0.05, 0.1) is 10.6 Å². The van der Waals surface area contributed by atoms with Gasteiger partial charge in [0, 0.05) is 24.0 Å². The first-order valence-corrected chi connectivity index (χ1v) is 7.78. The summed E-state index contributed by atoms with van der Waals surface area (Å²) in [4.78, 5) is 19.3. The fourth-order valence-corrected chi connectivity index (χ4v) is 2.71. The van der Waals surface area contributed by atoms with Gasteiger partial charge in [0.1, 0.15) is 5.82 Å². The Morgan fingerprint density at radius 3 is 2.68 bits per heavy atom. The van der Waals surface area contributed by atoms with Crippen molar-refractivity contribution in [2.24, 2.45) is 10.7 Å². The van der Waals surface area contributed by atoms with E-state index in [2.05, 4.69) is 15.3 Å². The number of anilines is 1. The van der Waals surface area contributed by atoms with Gasteiger partial charge in [-0.05, 0) is 29.3 Å². The molecule has 6 nitrogen and oxygen atoms in total. The molecule has 2 aromatic carbocycles. The van der Waals surface area contributed by atoms with Crippen molar-refractivity contribution in [3.05, 3.63) is 59.2 Å². The summed E-state index contributed by atoms with van der Waals surface area (Å²) in [5.41, 5.74) is 7.59. The van der Waals surface area contributed by atoms with Crippen molar-refractivity contribution >= 4 is 40.1 Å². The molecule has 0 radical (unpaired) electrons. The standard InChI is InChI=1S/C18H15ClN4O2/c1-21-18(20)23-16-14-8-11(5-6-13(14)15(19)9-22-16)10-3-2-4-12(7-10)17(24)25/h2-9H,1H3,(H,24,25)(H3,20,21,22,23). The van der Waals surface area contributed by atoms with Crippen molar-refractivity contribution in [2.45, 2.75) is 0 Å². The number of carboxylic acid groups (broad SMARTS) is 1. The van der Waals surface area contributed by atoms with Crippen LogP contribution < -0.4 is 11.1 Å². The highest BCUT2D eigenvalue weighted by molar-refractivity contribution is 6.36. The number of guanidine groups is 1. The molecule has 0 atom stereocenters. The van der Waals surface area contributed by atoms with E-state index >= 15 is 0 Å². The molecule has 4 N–H and O–H groups in total. The highest BCUT2D eigenvalue weighted by atomic mass is 35.5. The first-order chi connectivity index (χ1) is 12.0. The monoisotopic (exact) mass is 354 g/mol. The van der Waals surface area contributed by atoms with Crippen molar-refractivity contribution in [3.63, 3.8) is 0 Å². The number of benzene rings is 2. The number of pyridine rings is 1. The molecule has 0 fully saturated rings. The molecule has 0 saturated carbocycles. The number of carboxylic acids is 1. The van der Waals surface area contributed by atoms with E-state index in [9.17, 15) is 9.90 Å². The molecule has 1 aromatic heterocycles. The zero-order valence-electron chi connectivity index (χ0n) is 13.3. The predicted octanol–water partition coefficient (Wildman–Crippen LogP) is 3.61. The van der Waals surface area contributed by atoms with Crippen LogP contribution in [0.1, 0.15) is 10.4 Å². The minimum atomic E-state index is -0.971. The van der Waals surface area contributed by atoms with E-state index in [4.69, 9.17) is 17.3 Å². The molecule has 0 bridgehead atoms. The topological polar surface area (TPSA) is 101 Å². The highest BCUT2D eigenvalue weighted by Gasteiger charge is 2.10. The van der Waals surface area contributed by atoms with Crippen LogP contribution in [0.15, 0.2) is 53.7 Å². The minimum Gasteiger partial charge on any atom is -0.478 e. The van der Waals surface area contributed by atoms with Gasteiger partial charge in [0.15, 0.2) is 5.96 Å². The number of aliphatic imine (C=N–C) groups is 1. The normalized spacial score (nSPS) is 11.5. The van der Waals surface area contributed by atoms with Crippen molar-refractivity contribution in [3.8, 4) is 11.1 Å². The Hall–Kier alpha value is -3.12. The quantitative estimate of drug-likeness (QED) is 0.492. The van der Waals surface area contributed by atoms with E-state index in [0.717, 1.165) is 21.9 Å². The van der Waals surface area contributed by atoms with Crippen molar-refractivity contribution < 1.29 is 9.90 Å². The lowest BCUT2D eigenvalue weighted by Gasteiger charge is -2.11. The second kappa shape index (κ2) is 6.78. The van der Waals surface area contributed by atoms with Crippen LogP contribution in [-0.4, -0.2) is 29.1 Å². The van der Waals surface area contributed by atoms with E-state index in [0.29, 0.717) is 10.8 Å². The van der Waals surface area contributed by atoms with Gasteiger partial charge in [-0.1, -0.05) is 35.9 Å². The molecule has 0 spiro atoms. The molecule has 0 amide bonds. The Labute approximate surface area is 149 Å². The molecule has 0 aliphatic carbocycles. The van der Waals surface area contributed by atoms with E-state index in [1.165, 1.54) is 0 Å². The Morgan fingerprint density at radius 2 is 1.96 bits per heavy atom. The van der Waals surface area contributed by atoms with Gasteiger partial charge in [-0.2, -0.15) is 0 Å². The molecule has 126 valence electrons. The summed E-state index contributed by atoms with van der Waals surface area (Å²) in [6.07, 6.45) is 1.54. The summed E-state index contributed by atoms with van der Waals surface area (Å²) in [5.74, 6) is -0.213. The summed E-state index contributed by atoms with van der Waals surface area (Å²) in [5, 5.41) is 14.2. The smallest absolute Gasteiger partial charge is 0.335 e. The summed E-state index contributed by atoms with van der Waals surface area (Å²) in [7, 11) is 1.57. The number of nitrogens with one attached hydrogen (secondary N) is 1. The fraction of sp³-hybridized carbons (Fsp3) is 0.0556. The first kappa shape index (κ1) is 16.7. The molecule has 0 aliphatic heterocycles. The van der Waals surface area contributed by atoms with E-state index in [1.807, 2.05) is 24.3 Å². The molecule has 25 heavy (non-hydrogen) atoms. The third-order valence-corrected chi connectivity index (χ3v) is 4.07. The minimum absolute atomic E-state index is 0.225. The lowest BCUT2D eigenvalue weighted by Crippen LogP contribution is -2.22. The van der Waals surface area contributed by atoms with Gasteiger partial charge in [0.25, 0.3) is 0 Å². The summed E-state index contributed by atoms with van der Waals surface area (Å²) < 4.78 is 0. The number of nitrogens with zero attached hydrogens (tertiary/aromatic N) is 2. The summed E-state index contributed by atoms with van der Waals surface area (Å²) >= 11 is 6.24. The molecular weight excluding hydrogens is 340 g/mol. The number of fused-ring (bicyclic) bond motifs is 1. The SMILES string of the molecule is CN=C(N)Nc1ncc(Cl)c2ccc(-c3cccc(C(=O)O)c3)cc12. The van der Waals surface area contributed by atoms with Crippen LogP contribution in [0.3, 0.4) is 0 Å². The molecule has 3 aromatic rings. The number of aromatic nitrogens is 1. The van der Waals surface area contributed by atoms with Crippen LogP contribution in [-0.2, 0) is 0 Å². The van der Waals surface area contributed by atoms with Crippen LogP contribution >= 0.6 is 11.6 Å². The van der Waals surface area contributed by atoms with Gasteiger partial charge in [-0.25, -0.2) is 9.78 Å². The van der Waals surface area contributed by atoms with Gasteiger partial charge >= 0.3 is 5.97 Å². The number of hydrogen-bond acceptors (Lipinski definition) is 3.